The molecule has 0 saturated heterocycles. The summed E-state index contributed by atoms with van der Waals surface area (Å²) in [5.74, 6) is 1.55. The molecule has 2 aromatic rings. The predicted molar refractivity (Wildman–Crippen MR) is 75.4 cm³/mol. The molecule has 0 amide bonds. The maximum atomic E-state index is 11.1. The molecule has 2 rings (SSSR count). The van der Waals surface area contributed by atoms with Gasteiger partial charge in [0.1, 0.15) is 0 Å². The van der Waals surface area contributed by atoms with E-state index in [-0.39, 0.29) is 5.69 Å². The third-order valence-electron chi connectivity index (χ3n) is 2.92. The Kier molecular flexibility index (Phi) is 3.67. The van der Waals surface area contributed by atoms with Gasteiger partial charge in [-0.15, -0.1) is 6.42 Å². The fraction of sp³-hybridized carbons (Fsp3) is 0.200. The van der Waals surface area contributed by atoms with Crippen LogP contribution in [0.4, 0.5) is 5.69 Å². The van der Waals surface area contributed by atoms with Crippen molar-refractivity contribution in [3.05, 3.63) is 36.0 Å². The minimum atomic E-state index is -1.04. The molecule has 0 radical (unpaired) electrons. The first-order valence-electron chi connectivity index (χ1n) is 5.99. The number of aromatic nitrogens is 1. The van der Waals surface area contributed by atoms with Crippen molar-refractivity contribution in [2.24, 2.45) is 0 Å². The van der Waals surface area contributed by atoms with Crippen molar-refractivity contribution in [2.75, 3.05) is 18.0 Å². The molecule has 0 aliphatic rings. The molecule has 1 aromatic carbocycles. The highest BCUT2D eigenvalue weighted by Crippen LogP contribution is 2.26. The van der Waals surface area contributed by atoms with Gasteiger partial charge in [-0.3, -0.25) is 0 Å². The number of anilines is 1. The number of terminal acetylenes is 1. The number of nitrogens with zero attached hydrogens (tertiary/aromatic N) is 2. The van der Waals surface area contributed by atoms with Crippen LogP contribution in [0.15, 0.2) is 30.3 Å². The normalized spacial score (nSPS) is 10.1. The van der Waals surface area contributed by atoms with E-state index in [1.807, 2.05) is 30.0 Å². The van der Waals surface area contributed by atoms with E-state index in [1.165, 1.54) is 0 Å². The Bertz CT molecular complexity index is 659. The first-order valence-corrected chi connectivity index (χ1v) is 5.99. The maximum Gasteiger partial charge on any atom is 0.354 e. The van der Waals surface area contributed by atoms with Gasteiger partial charge >= 0.3 is 5.97 Å². The van der Waals surface area contributed by atoms with Gasteiger partial charge in [0.15, 0.2) is 5.69 Å². The minimum absolute atomic E-state index is 0.0316. The zero-order valence-electron chi connectivity index (χ0n) is 10.6. The van der Waals surface area contributed by atoms with Crippen LogP contribution in [0, 0.1) is 12.3 Å². The molecule has 0 aliphatic heterocycles. The molecule has 0 aliphatic carbocycles. The predicted octanol–water partition coefficient (Wildman–Crippen LogP) is 2.39. The molecule has 0 atom stereocenters. The van der Waals surface area contributed by atoms with E-state index >= 15 is 0 Å². The second kappa shape index (κ2) is 5.40. The molecular formula is C15H14N2O2. The highest BCUT2D eigenvalue weighted by molar-refractivity contribution is 5.97. The van der Waals surface area contributed by atoms with Gasteiger partial charge in [0, 0.05) is 17.6 Å². The van der Waals surface area contributed by atoms with E-state index in [1.54, 1.807) is 12.1 Å². The Balaban J connectivity index is 2.69. The van der Waals surface area contributed by atoms with Crippen molar-refractivity contribution in [2.45, 2.75) is 6.92 Å². The molecule has 4 heteroatoms. The second-order valence-corrected chi connectivity index (χ2v) is 4.07. The van der Waals surface area contributed by atoms with Gasteiger partial charge in [0.2, 0.25) is 0 Å². The molecule has 1 aromatic heterocycles. The lowest BCUT2D eigenvalue weighted by atomic mass is 10.1. The Hall–Kier alpha value is -2.54. The van der Waals surface area contributed by atoms with Crippen molar-refractivity contribution < 1.29 is 9.90 Å². The summed E-state index contributed by atoms with van der Waals surface area (Å²) in [6, 6.07) is 9.03. The molecular weight excluding hydrogens is 240 g/mol. The Morgan fingerprint density at radius 3 is 2.84 bits per heavy atom. The van der Waals surface area contributed by atoms with Gasteiger partial charge in [0.05, 0.1) is 12.1 Å². The standard InChI is InChI=1S/C15H14N2O2/c1-3-9-17(4-2)14-10-13(15(18)19)16-12-8-6-5-7-11(12)14/h1,5-8,10H,4,9H2,2H3,(H,18,19). The SMILES string of the molecule is C#CCN(CC)c1cc(C(=O)O)nc2ccccc12. The molecule has 0 unspecified atom stereocenters. The number of aromatic carboxylic acids is 1. The lowest BCUT2D eigenvalue weighted by molar-refractivity contribution is 0.0691. The number of carbonyl (C=O) groups is 1. The fourth-order valence-electron chi connectivity index (χ4n) is 2.01. The van der Waals surface area contributed by atoms with Crippen LogP contribution in [0.1, 0.15) is 17.4 Å². The van der Waals surface area contributed by atoms with Crippen LogP contribution >= 0.6 is 0 Å². The van der Waals surface area contributed by atoms with E-state index in [9.17, 15) is 4.79 Å². The topological polar surface area (TPSA) is 53.4 Å². The molecule has 96 valence electrons. The van der Waals surface area contributed by atoms with Crippen LogP contribution < -0.4 is 4.90 Å². The summed E-state index contributed by atoms with van der Waals surface area (Å²) in [6.45, 7) is 3.12. The van der Waals surface area contributed by atoms with E-state index in [0.29, 0.717) is 18.6 Å². The smallest absolute Gasteiger partial charge is 0.354 e. The van der Waals surface area contributed by atoms with E-state index in [0.717, 1.165) is 11.1 Å². The summed E-state index contributed by atoms with van der Waals surface area (Å²) >= 11 is 0. The van der Waals surface area contributed by atoms with Gasteiger partial charge in [-0.05, 0) is 19.1 Å². The van der Waals surface area contributed by atoms with Gasteiger partial charge < -0.3 is 10.0 Å². The quantitative estimate of drug-likeness (QED) is 0.851. The number of pyridine rings is 1. The molecule has 0 spiro atoms. The lowest BCUT2D eigenvalue weighted by Crippen LogP contribution is -2.23. The zero-order chi connectivity index (χ0) is 13.8. The number of hydrogen-bond donors (Lipinski definition) is 1. The van der Waals surface area contributed by atoms with Gasteiger partial charge in [-0.25, -0.2) is 9.78 Å². The number of benzene rings is 1. The van der Waals surface area contributed by atoms with E-state index in [4.69, 9.17) is 11.5 Å². The minimum Gasteiger partial charge on any atom is -0.477 e. The molecule has 1 N–H and O–H groups in total. The van der Waals surface area contributed by atoms with Crippen molar-refractivity contribution in [3.8, 4) is 12.3 Å². The summed E-state index contributed by atoms with van der Waals surface area (Å²) in [5.41, 5.74) is 1.50. The average molecular weight is 254 g/mol. The summed E-state index contributed by atoms with van der Waals surface area (Å²) in [7, 11) is 0. The first kappa shape index (κ1) is 12.9. The Morgan fingerprint density at radius 1 is 1.47 bits per heavy atom. The number of hydrogen-bond acceptors (Lipinski definition) is 3. The number of fused-ring (bicyclic) bond motifs is 1. The lowest BCUT2D eigenvalue weighted by Gasteiger charge is -2.22. The van der Waals surface area contributed by atoms with Crippen molar-refractivity contribution in [3.63, 3.8) is 0 Å². The van der Waals surface area contributed by atoms with Gasteiger partial charge in [-0.2, -0.15) is 0 Å². The van der Waals surface area contributed by atoms with Crippen molar-refractivity contribution in [1.82, 2.24) is 4.98 Å². The number of carboxylic acid groups (broad SMARTS) is 1. The third-order valence-corrected chi connectivity index (χ3v) is 2.92. The zero-order valence-corrected chi connectivity index (χ0v) is 10.6. The highest BCUT2D eigenvalue weighted by Gasteiger charge is 2.14. The molecule has 0 bridgehead atoms. The molecule has 1 heterocycles. The molecule has 19 heavy (non-hydrogen) atoms. The molecule has 0 fully saturated rings. The van der Waals surface area contributed by atoms with Gasteiger partial charge in [0.25, 0.3) is 0 Å². The third kappa shape index (κ3) is 2.50. The fourth-order valence-corrected chi connectivity index (χ4v) is 2.01. The molecule has 0 saturated carbocycles. The monoisotopic (exact) mass is 254 g/mol. The number of para-hydroxylation sites is 1. The van der Waals surface area contributed by atoms with Crippen LogP contribution in [-0.2, 0) is 0 Å². The summed E-state index contributed by atoms with van der Waals surface area (Å²) in [4.78, 5) is 17.2. The van der Waals surface area contributed by atoms with Crippen LogP contribution in [0.3, 0.4) is 0 Å². The largest absolute Gasteiger partial charge is 0.477 e. The van der Waals surface area contributed by atoms with Crippen LogP contribution in [0.2, 0.25) is 0 Å². The molecule has 4 nitrogen and oxygen atoms in total. The Labute approximate surface area is 111 Å². The van der Waals surface area contributed by atoms with E-state index < -0.39 is 5.97 Å². The van der Waals surface area contributed by atoms with Crippen molar-refractivity contribution >= 4 is 22.6 Å². The summed E-state index contributed by atoms with van der Waals surface area (Å²) < 4.78 is 0. The van der Waals surface area contributed by atoms with E-state index in [2.05, 4.69) is 10.9 Å². The summed E-state index contributed by atoms with van der Waals surface area (Å²) in [6.07, 6.45) is 5.36. The van der Waals surface area contributed by atoms with Gasteiger partial charge in [-0.1, -0.05) is 24.1 Å². The summed E-state index contributed by atoms with van der Waals surface area (Å²) in [5, 5.41) is 10.0. The highest BCUT2D eigenvalue weighted by atomic mass is 16.4. The van der Waals surface area contributed by atoms with Crippen LogP contribution in [-0.4, -0.2) is 29.1 Å². The number of carboxylic acids is 1. The second-order valence-electron chi connectivity index (χ2n) is 4.07. The first-order chi connectivity index (χ1) is 9.17. The van der Waals surface area contributed by atoms with Crippen LogP contribution in [0.5, 0.6) is 0 Å². The maximum absolute atomic E-state index is 11.1. The average Bonchev–Trinajstić information content (AvgIpc) is 2.43. The van der Waals surface area contributed by atoms with Crippen LogP contribution in [0.25, 0.3) is 10.9 Å². The van der Waals surface area contributed by atoms with Crippen molar-refractivity contribution in [1.29, 1.82) is 0 Å². The number of rotatable bonds is 4. The Morgan fingerprint density at radius 2 is 2.21 bits per heavy atom.